The van der Waals surface area contributed by atoms with E-state index in [4.69, 9.17) is 4.74 Å². The van der Waals surface area contributed by atoms with E-state index in [0.717, 1.165) is 0 Å². The monoisotopic (exact) mass is 285 g/mol. The van der Waals surface area contributed by atoms with Gasteiger partial charge in [0.1, 0.15) is 0 Å². The molecule has 110 valence electrons. The van der Waals surface area contributed by atoms with E-state index in [1.807, 2.05) is 0 Å². The van der Waals surface area contributed by atoms with E-state index in [0.29, 0.717) is 0 Å². The molecule has 1 aromatic rings. The maximum atomic E-state index is 13.9. The summed E-state index contributed by atoms with van der Waals surface area (Å²) in [5.74, 6) is -2.81. The molecule has 6 heteroatoms. The van der Waals surface area contributed by atoms with Crippen molar-refractivity contribution in [3.63, 3.8) is 0 Å². The second-order valence-corrected chi connectivity index (χ2v) is 4.82. The van der Waals surface area contributed by atoms with Gasteiger partial charge in [-0.05, 0) is 25.5 Å². The van der Waals surface area contributed by atoms with Crippen molar-refractivity contribution < 1.29 is 23.4 Å². The summed E-state index contributed by atoms with van der Waals surface area (Å²) in [5.41, 5.74) is -0.180. The van der Waals surface area contributed by atoms with Crippen LogP contribution in [0.2, 0.25) is 0 Å². The van der Waals surface area contributed by atoms with Gasteiger partial charge >= 0.3 is 0 Å². The third kappa shape index (κ3) is 2.53. The summed E-state index contributed by atoms with van der Waals surface area (Å²) < 4.78 is 32.5. The van der Waals surface area contributed by atoms with Crippen LogP contribution in [-0.4, -0.2) is 47.8 Å². The van der Waals surface area contributed by atoms with Crippen molar-refractivity contribution in [1.82, 2.24) is 4.90 Å². The molecule has 1 N–H and O–H groups in total. The Morgan fingerprint density at radius 3 is 2.65 bits per heavy atom. The fourth-order valence-corrected chi connectivity index (χ4v) is 2.32. The summed E-state index contributed by atoms with van der Waals surface area (Å²) in [5, 5.41) is 9.77. The number of hydrogen-bond donors (Lipinski definition) is 1. The molecule has 1 saturated heterocycles. The zero-order chi connectivity index (χ0) is 14.9. The number of aliphatic hydroxyl groups is 1. The highest BCUT2D eigenvalue weighted by Gasteiger charge is 2.35. The number of aliphatic hydroxyl groups excluding tert-OH is 1. The standard InChI is InChI=1S/C14H17F2NO3/c1-3-17(10-6-20-7-11(10)18)14(19)9-5-4-8(2)12(15)13(9)16/h4-5,10-11,18H,3,6-7H2,1-2H3/t10-,11-/m0/s1. The van der Waals surface area contributed by atoms with Crippen LogP contribution < -0.4 is 0 Å². The van der Waals surface area contributed by atoms with E-state index in [-0.39, 0.29) is 30.9 Å². The number of likely N-dealkylation sites (N-methyl/N-ethyl adjacent to an activating group) is 1. The lowest BCUT2D eigenvalue weighted by atomic mass is 10.1. The molecule has 0 radical (unpaired) electrons. The lowest BCUT2D eigenvalue weighted by Crippen LogP contribution is -2.46. The number of carbonyl (C=O) groups is 1. The van der Waals surface area contributed by atoms with Gasteiger partial charge in [-0.1, -0.05) is 6.07 Å². The van der Waals surface area contributed by atoms with Crippen LogP contribution >= 0.6 is 0 Å². The topological polar surface area (TPSA) is 49.8 Å². The van der Waals surface area contributed by atoms with Gasteiger partial charge in [0.25, 0.3) is 5.91 Å². The first-order chi connectivity index (χ1) is 9.47. The fraction of sp³-hybridized carbons (Fsp3) is 0.500. The minimum atomic E-state index is -1.15. The summed E-state index contributed by atoms with van der Waals surface area (Å²) >= 11 is 0. The van der Waals surface area contributed by atoms with E-state index in [9.17, 15) is 18.7 Å². The van der Waals surface area contributed by atoms with Gasteiger partial charge < -0.3 is 14.7 Å². The summed E-state index contributed by atoms with van der Waals surface area (Å²) in [6.07, 6.45) is -0.808. The average molecular weight is 285 g/mol. The Morgan fingerprint density at radius 1 is 1.40 bits per heavy atom. The molecular weight excluding hydrogens is 268 g/mol. The third-order valence-corrected chi connectivity index (χ3v) is 3.53. The second-order valence-electron chi connectivity index (χ2n) is 4.82. The Hall–Kier alpha value is -1.53. The number of hydrogen-bond acceptors (Lipinski definition) is 3. The van der Waals surface area contributed by atoms with Gasteiger partial charge in [0, 0.05) is 6.54 Å². The molecule has 0 aromatic heterocycles. The molecule has 0 spiro atoms. The van der Waals surface area contributed by atoms with Crippen molar-refractivity contribution >= 4 is 5.91 Å². The molecule has 2 rings (SSSR count). The number of nitrogens with zero attached hydrogens (tertiary/aromatic N) is 1. The zero-order valence-electron chi connectivity index (χ0n) is 11.4. The largest absolute Gasteiger partial charge is 0.388 e. The molecule has 0 aliphatic carbocycles. The van der Waals surface area contributed by atoms with Crippen LogP contribution in [0.4, 0.5) is 8.78 Å². The lowest BCUT2D eigenvalue weighted by molar-refractivity contribution is 0.0515. The maximum absolute atomic E-state index is 13.9. The lowest BCUT2D eigenvalue weighted by Gasteiger charge is -2.29. The molecule has 1 amide bonds. The number of halogens is 2. The van der Waals surface area contributed by atoms with Crippen LogP contribution in [0.15, 0.2) is 12.1 Å². The van der Waals surface area contributed by atoms with Crippen molar-refractivity contribution in [3.8, 4) is 0 Å². The van der Waals surface area contributed by atoms with Gasteiger partial charge in [0.05, 0.1) is 30.9 Å². The minimum absolute atomic E-state index is 0.138. The summed E-state index contributed by atoms with van der Waals surface area (Å²) in [4.78, 5) is 13.7. The van der Waals surface area contributed by atoms with Crippen LogP contribution in [-0.2, 0) is 4.74 Å². The van der Waals surface area contributed by atoms with Crippen molar-refractivity contribution in [2.24, 2.45) is 0 Å². The predicted octanol–water partition coefficient (Wildman–Crippen LogP) is 1.50. The highest BCUT2D eigenvalue weighted by atomic mass is 19.2. The maximum Gasteiger partial charge on any atom is 0.257 e. The summed E-state index contributed by atoms with van der Waals surface area (Å²) in [7, 11) is 0. The first-order valence-electron chi connectivity index (χ1n) is 6.48. The Morgan fingerprint density at radius 2 is 2.10 bits per heavy atom. The third-order valence-electron chi connectivity index (χ3n) is 3.53. The fourth-order valence-electron chi connectivity index (χ4n) is 2.32. The normalized spacial score (nSPS) is 22.1. The van der Waals surface area contributed by atoms with Crippen molar-refractivity contribution in [2.45, 2.75) is 26.0 Å². The van der Waals surface area contributed by atoms with Crippen molar-refractivity contribution in [1.29, 1.82) is 0 Å². The first-order valence-corrected chi connectivity index (χ1v) is 6.48. The molecule has 20 heavy (non-hydrogen) atoms. The quantitative estimate of drug-likeness (QED) is 0.915. The van der Waals surface area contributed by atoms with E-state index in [2.05, 4.69) is 0 Å². The number of rotatable bonds is 3. The van der Waals surface area contributed by atoms with Gasteiger partial charge in [-0.25, -0.2) is 8.78 Å². The zero-order valence-corrected chi connectivity index (χ0v) is 11.4. The number of aryl methyl sites for hydroxylation is 1. The van der Waals surface area contributed by atoms with Crippen LogP contribution in [0.3, 0.4) is 0 Å². The number of amides is 1. The molecule has 1 aliphatic rings. The van der Waals surface area contributed by atoms with Crippen LogP contribution in [0.1, 0.15) is 22.8 Å². The van der Waals surface area contributed by atoms with Crippen molar-refractivity contribution in [2.75, 3.05) is 19.8 Å². The van der Waals surface area contributed by atoms with Crippen LogP contribution in [0, 0.1) is 18.6 Å². The molecule has 0 saturated carbocycles. The molecule has 2 atom stereocenters. The van der Waals surface area contributed by atoms with Gasteiger partial charge in [0.2, 0.25) is 0 Å². The van der Waals surface area contributed by atoms with Crippen molar-refractivity contribution in [3.05, 3.63) is 34.9 Å². The van der Waals surface area contributed by atoms with Crippen LogP contribution in [0.5, 0.6) is 0 Å². The minimum Gasteiger partial charge on any atom is -0.388 e. The van der Waals surface area contributed by atoms with Gasteiger partial charge in [-0.2, -0.15) is 0 Å². The average Bonchev–Trinajstić information content (AvgIpc) is 2.83. The summed E-state index contributed by atoms with van der Waals surface area (Å²) in [6, 6.07) is 2.10. The SMILES string of the molecule is CCN(C(=O)c1ccc(C)c(F)c1F)[C@H]1COC[C@@H]1O. The van der Waals surface area contributed by atoms with Gasteiger partial charge in [0.15, 0.2) is 11.6 Å². The second kappa shape index (κ2) is 5.85. The highest BCUT2D eigenvalue weighted by Crippen LogP contribution is 2.21. The molecule has 0 bridgehead atoms. The number of ether oxygens (including phenoxy) is 1. The number of benzene rings is 1. The molecule has 4 nitrogen and oxygen atoms in total. The molecule has 0 unspecified atom stereocenters. The van der Waals surface area contributed by atoms with Crippen LogP contribution in [0.25, 0.3) is 0 Å². The molecule has 1 aromatic carbocycles. The highest BCUT2D eigenvalue weighted by molar-refractivity contribution is 5.94. The van der Waals surface area contributed by atoms with Gasteiger partial charge in [-0.3, -0.25) is 4.79 Å². The van der Waals surface area contributed by atoms with E-state index < -0.39 is 29.7 Å². The van der Waals surface area contributed by atoms with E-state index >= 15 is 0 Å². The molecule has 1 aliphatic heterocycles. The Labute approximate surface area is 116 Å². The van der Waals surface area contributed by atoms with E-state index in [1.165, 1.54) is 24.0 Å². The number of carbonyl (C=O) groups excluding carboxylic acids is 1. The summed E-state index contributed by atoms with van der Waals surface area (Å²) in [6.45, 7) is 3.75. The molecule has 1 heterocycles. The molecule has 1 fully saturated rings. The Bertz CT molecular complexity index is 521. The predicted molar refractivity (Wildman–Crippen MR) is 68.4 cm³/mol. The van der Waals surface area contributed by atoms with E-state index in [1.54, 1.807) is 6.92 Å². The first kappa shape index (κ1) is 14.9. The Balaban J connectivity index is 2.32. The van der Waals surface area contributed by atoms with Gasteiger partial charge in [-0.15, -0.1) is 0 Å². The molecular formula is C14H17F2NO3. The smallest absolute Gasteiger partial charge is 0.257 e. The Kier molecular flexibility index (Phi) is 4.35.